The molecule has 4 aromatic rings. The molecule has 5 nitrogen and oxygen atoms in total. The summed E-state index contributed by atoms with van der Waals surface area (Å²) in [5, 5.41) is 11.6. The number of hydrogen-bond acceptors (Lipinski definition) is 3. The van der Waals surface area contributed by atoms with Crippen LogP contribution in [0.4, 0.5) is 0 Å². The van der Waals surface area contributed by atoms with Crippen LogP contribution in [0.25, 0.3) is 33.2 Å². The zero-order valence-corrected chi connectivity index (χ0v) is 16.4. The number of nitrogens with zero attached hydrogens (tertiary/aromatic N) is 3. The second-order valence-electron chi connectivity index (χ2n) is 7.99. The van der Waals surface area contributed by atoms with Crippen LogP contribution in [0.3, 0.4) is 0 Å². The van der Waals surface area contributed by atoms with Gasteiger partial charge in [0.25, 0.3) is 0 Å². The SMILES string of the molecule is Cc1cc2cc(-c3nc4cc(C(=O)O)ccc4n3C3CCCCC3)ccc2cn1. The van der Waals surface area contributed by atoms with Gasteiger partial charge in [-0.15, -0.1) is 0 Å². The van der Waals surface area contributed by atoms with Gasteiger partial charge < -0.3 is 9.67 Å². The maximum atomic E-state index is 11.4. The third kappa shape index (κ3) is 3.16. The van der Waals surface area contributed by atoms with E-state index in [1.165, 1.54) is 19.3 Å². The van der Waals surface area contributed by atoms with Crippen LogP contribution in [0.2, 0.25) is 0 Å². The molecule has 1 aliphatic rings. The average Bonchev–Trinajstić information content (AvgIpc) is 3.12. The number of aromatic nitrogens is 3. The number of carboxylic acid groups (broad SMARTS) is 1. The highest BCUT2D eigenvalue weighted by Crippen LogP contribution is 2.36. The molecule has 0 aliphatic heterocycles. The van der Waals surface area contributed by atoms with Crippen molar-refractivity contribution in [3.63, 3.8) is 0 Å². The lowest BCUT2D eigenvalue weighted by atomic mass is 9.94. The van der Waals surface area contributed by atoms with Gasteiger partial charge in [0, 0.05) is 28.9 Å². The van der Waals surface area contributed by atoms with Crippen LogP contribution < -0.4 is 0 Å². The molecule has 2 heterocycles. The van der Waals surface area contributed by atoms with Crippen LogP contribution in [-0.4, -0.2) is 25.6 Å². The van der Waals surface area contributed by atoms with Gasteiger partial charge in [0.05, 0.1) is 16.6 Å². The summed E-state index contributed by atoms with van der Waals surface area (Å²) in [5.41, 5.74) is 4.08. The van der Waals surface area contributed by atoms with Crippen molar-refractivity contribution in [2.24, 2.45) is 0 Å². The standard InChI is InChI=1S/C24H23N3O2/c1-15-11-19-12-16(7-8-18(19)14-25-15)23-26-21-13-17(24(28)29)9-10-22(21)27(23)20-5-3-2-4-6-20/h7-14,20H,2-6H2,1H3,(H,28,29). The molecule has 5 rings (SSSR count). The maximum absolute atomic E-state index is 11.4. The minimum Gasteiger partial charge on any atom is -0.478 e. The van der Waals surface area contributed by atoms with Crippen molar-refractivity contribution < 1.29 is 9.90 Å². The van der Waals surface area contributed by atoms with E-state index in [1.54, 1.807) is 12.1 Å². The molecule has 2 aromatic carbocycles. The Kier molecular flexibility index (Phi) is 4.31. The van der Waals surface area contributed by atoms with E-state index in [4.69, 9.17) is 4.98 Å². The number of hydrogen-bond donors (Lipinski definition) is 1. The number of aryl methyl sites for hydroxylation is 1. The second kappa shape index (κ2) is 6.99. The molecule has 1 N–H and O–H groups in total. The van der Waals surface area contributed by atoms with Crippen molar-refractivity contribution in [2.45, 2.75) is 45.1 Å². The quantitative estimate of drug-likeness (QED) is 0.486. The largest absolute Gasteiger partial charge is 0.478 e. The number of carbonyl (C=O) groups is 1. The molecule has 0 atom stereocenters. The highest BCUT2D eigenvalue weighted by molar-refractivity contribution is 5.94. The molecule has 1 fully saturated rings. The minimum absolute atomic E-state index is 0.276. The van der Waals surface area contributed by atoms with E-state index in [2.05, 4.69) is 33.8 Å². The highest BCUT2D eigenvalue weighted by Gasteiger charge is 2.23. The number of aromatic carboxylic acids is 1. The first-order valence-electron chi connectivity index (χ1n) is 10.2. The van der Waals surface area contributed by atoms with Crippen molar-refractivity contribution in [3.8, 4) is 11.4 Å². The number of carboxylic acids is 1. The van der Waals surface area contributed by atoms with E-state index in [0.29, 0.717) is 6.04 Å². The zero-order chi connectivity index (χ0) is 20.0. The Bertz CT molecular complexity index is 1240. The first-order valence-corrected chi connectivity index (χ1v) is 10.2. The van der Waals surface area contributed by atoms with Crippen LogP contribution in [0.5, 0.6) is 0 Å². The Morgan fingerprint density at radius 3 is 2.66 bits per heavy atom. The molecule has 0 saturated heterocycles. The smallest absolute Gasteiger partial charge is 0.335 e. The maximum Gasteiger partial charge on any atom is 0.335 e. The third-order valence-electron chi connectivity index (χ3n) is 5.99. The van der Waals surface area contributed by atoms with Gasteiger partial charge in [0.1, 0.15) is 5.82 Å². The molecule has 0 bridgehead atoms. The van der Waals surface area contributed by atoms with E-state index in [1.807, 2.05) is 19.2 Å². The normalized spacial score (nSPS) is 15.2. The van der Waals surface area contributed by atoms with Gasteiger partial charge in [-0.05, 0) is 55.5 Å². The van der Waals surface area contributed by atoms with Crippen molar-refractivity contribution in [1.82, 2.24) is 14.5 Å². The summed E-state index contributed by atoms with van der Waals surface area (Å²) in [5.74, 6) is 0.000140. The molecule has 0 amide bonds. The number of rotatable bonds is 3. The van der Waals surface area contributed by atoms with Gasteiger partial charge in [0.2, 0.25) is 0 Å². The van der Waals surface area contributed by atoms with Gasteiger partial charge in [-0.3, -0.25) is 4.98 Å². The average molecular weight is 385 g/mol. The van der Waals surface area contributed by atoms with Crippen molar-refractivity contribution in [1.29, 1.82) is 0 Å². The molecule has 1 aliphatic carbocycles. The summed E-state index contributed by atoms with van der Waals surface area (Å²) < 4.78 is 2.34. The molecular formula is C24H23N3O2. The minimum atomic E-state index is -0.922. The Morgan fingerprint density at radius 2 is 1.86 bits per heavy atom. The molecule has 2 aromatic heterocycles. The molecule has 29 heavy (non-hydrogen) atoms. The number of pyridine rings is 1. The summed E-state index contributed by atoms with van der Waals surface area (Å²) in [6.45, 7) is 2.00. The van der Waals surface area contributed by atoms with Gasteiger partial charge in [0.15, 0.2) is 0 Å². The van der Waals surface area contributed by atoms with Crippen molar-refractivity contribution in [2.75, 3.05) is 0 Å². The Hall–Kier alpha value is -3.21. The number of imidazole rings is 1. The highest BCUT2D eigenvalue weighted by atomic mass is 16.4. The Labute approximate surface area is 169 Å². The number of fused-ring (bicyclic) bond motifs is 2. The predicted molar refractivity (Wildman–Crippen MR) is 114 cm³/mol. The van der Waals surface area contributed by atoms with Crippen LogP contribution in [0, 0.1) is 6.92 Å². The van der Waals surface area contributed by atoms with E-state index in [-0.39, 0.29) is 5.56 Å². The lowest BCUT2D eigenvalue weighted by Gasteiger charge is -2.25. The van der Waals surface area contributed by atoms with Crippen LogP contribution in [-0.2, 0) is 0 Å². The summed E-state index contributed by atoms with van der Waals surface area (Å²) in [6.07, 6.45) is 7.90. The van der Waals surface area contributed by atoms with Crippen LogP contribution >= 0.6 is 0 Å². The van der Waals surface area contributed by atoms with E-state index in [0.717, 1.165) is 51.7 Å². The Morgan fingerprint density at radius 1 is 1.03 bits per heavy atom. The third-order valence-corrected chi connectivity index (χ3v) is 5.99. The number of benzene rings is 2. The molecule has 5 heteroatoms. The van der Waals surface area contributed by atoms with E-state index < -0.39 is 5.97 Å². The summed E-state index contributed by atoms with van der Waals surface area (Å²) in [6, 6.07) is 14.1. The lowest BCUT2D eigenvalue weighted by Crippen LogP contribution is -2.14. The molecule has 0 unspecified atom stereocenters. The molecule has 146 valence electrons. The van der Waals surface area contributed by atoms with Crippen LogP contribution in [0.15, 0.2) is 48.7 Å². The van der Waals surface area contributed by atoms with E-state index in [9.17, 15) is 9.90 Å². The first kappa shape index (κ1) is 17.9. The topological polar surface area (TPSA) is 68.0 Å². The monoisotopic (exact) mass is 385 g/mol. The van der Waals surface area contributed by atoms with E-state index >= 15 is 0 Å². The predicted octanol–water partition coefficient (Wildman–Crippen LogP) is 5.76. The van der Waals surface area contributed by atoms with Gasteiger partial charge in [-0.1, -0.05) is 31.4 Å². The molecule has 0 radical (unpaired) electrons. The van der Waals surface area contributed by atoms with Crippen molar-refractivity contribution in [3.05, 3.63) is 59.9 Å². The molecular weight excluding hydrogens is 362 g/mol. The van der Waals surface area contributed by atoms with Gasteiger partial charge >= 0.3 is 5.97 Å². The summed E-state index contributed by atoms with van der Waals surface area (Å²) in [7, 11) is 0. The van der Waals surface area contributed by atoms with Crippen LogP contribution in [0.1, 0.15) is 54.2 Å². The Balaban J connectivity index is 1.73. The molecule has 1 saturated carbocycles. The fourth-order valence-corrected chi connectivity index (χ4v) is 4.53. The lowest BCUT2D eigenvalue weighted by molar-refractivity contribution is 0.0697. The molecule has 0 spiro atoms. The second-order valence-corrected chi connectivity index (χ2v) is 7.99. The fraction of sp³-hybridized carbons (Fsp3) is 0.292. The summed E-state index contributed by atoms with van der Waals surface area (Å²) in [4.78, 5) is 20.7. The first-order chi connectivity index (χ1) is 14.1. The van der Waals surface area contributed by atoms with Gasteiger partial charge in [-0.25, -0.2) is 9.78 Å². The fourth-order valence-electron chi connectivity index (χ4n) is 4.53. The zero-order valence-electron chi connectivity index (χ0n) is 16.4. The van der Waals surface area contributed by atoms with Crippen molar-refractivity contribution >= 4 is 27.8 Å². The summed E-state index contributed by atoms with van der Waals surface area (Å²) >= 11 is 0. The van der Waals surface area contributed by atoms with Gasteiger partial charge in [-0.2, -0.15) is 0 Å².